The minimum atomic E-state index is -0.521. The summed E-state index contributed by atoms with van der Waals surface area (Å²) >= 11 is 0. The van der Waals surface area contributed by atoms with Crippen molar-refractivity contribution < 1.29 is 4.79 Å². The van der Waals surface area contributed by atoms with Crippen LogP contribution in [0.15, 0.2) is 0 Å². The Morgan fingerprint density at radius 3 is 2.38 bits per heavy atom. The number of carbonyl (C=O) groups excluding carboxylic acids is 1. The highest BCUT2D eigenvalue weighted by Crippen LogP contribution is 2.36. The van der Waals surface area contributed by atoms with Crippen LogP contribution in [0.3, 0.4) is 0 Å². The van der Waals surface area contributed by atoms with Crippen molar-refractivity contribution in [3.05, 3.63) is 0 Å². The zero-order chi connectivity index (χ0) is 12.6. The minimum absolute atomic E-state index is 0.0867. The summed E-state index contributed by atoms with van der Waals surface area (Å²) in [5.41, 5.74) is 5.03. The van der Waals surface area contributed by atoms with E-state index in [9.17, 15) is 4.79 Å². The third-order valence-corrected chi connectivity index (χ3v) is 4.08. The maximum Gasteiger partial charge on any atom is 0.227 e. The Bertz CT molecular complexity index is 266. The van der Waals surface area contributed by atoms with Crippen LogP contribution in [-0.4, -0.2) is 17.5 Å². The lowest BCUT2D eigenvalue weighted by Crippen LogP contribution is -2.56. The zero-order valence-corrected chi connectivity index (χ0v) is 11.3. The summed E-state index contributed by atoms with van der Waals surface area (Å²) in [6.45, 7) is 9.83. The van der Waals surface area contributed by atoms with Gasteiger partial charge in [0.05, 0.1) is 5.41 Å². The predicted octanol–water partition coefficient (Wildman–Crippen LogP) is 2.05. The fraction of sp³-hybridized carbons (Fsp3) is 0.923. The number of carbonyl (C=O) groups is 1. The van der Waals surface area contributed by atoms with Crippen LogP contribution in [0.5, 0.6) is 0 Å². The van der Waals surface area contributed by atoms with Gasteiger partial charge < -0.3 is 11.1 Å². The van der Waals surface area contributed by atoms with Gasteiger partial charge in [-0.1, -0.05) is 13.3 Å². The lowest BCUT2D eigenvalue weighted by molar-refractivity contribution is -0.132. The molecule has 1 amide bonds. The number of nitrogens with one attached hydrogen (secondary N) is 1. The Morgan fingerprint density at radius 2 is 1.94 bits per heavy atom. The molecule has 2 atom stereocenters. The first-order valence-corrected chi connectivity index (χ1v) is 6.30. The van der Waals surface area contributed by atoms with Gasteiger partial charge in [0.1, 0.15) is 0 Å². The summed E-state index contributed by atoms with van der Waals surface area (Å²) in [5.74, 6) is 0.786. The molecule has 3 N–H and O–H groups in total. The summed E-state index contributed by atoms with van der Waals surface area (Å²) in [6, 6.07) is 0.397. The minimum Gasteiger partial charge on any atom is -0.353 e. The quantitative estimate of drug-likeness (QED) is 0.754. The van der Waals surface area contributed by atoms with Gasteiger partial charge >= 0.3 is 0 Å². The summed E-state index contributed by atoms with van der Waals surface area (Å²) in [4.78, 5) is 12.1. The molecule has 0 spiro atoms. The summed E-state index contributed by atoms with van der Waals surface area (Å²) < 4.78 is 0. The first-order chi connectivity index (χ1) is 7.20. The molecule has 0 aromatic carbocycles. The van der Waals surface area contributed by atoms with Gasteiger partial charge in [0.15, 0.2) is 0 Å². The summed E-state index contributed by atoms with van der Waals surface area (Å²) in [7, 11) is 0. The second-order valence-electron chi connectivity index (χ2n) is 6.21. The molecule has 0 aromatic rings. The van der Waals surface area contributed by atoms with Crippen molar-refractivity contribution in [3.63, 3.8) is 0 Å². The Balaban J connectivity index is 2.48. The van der Waals surface area contributed by atoms with E-state index in [1.54, 1.807) is 0 Å². The van der Waals surface area contributed by atoms with Crippen molar-refractivity contribution in [1.82, 2.24) is 5.32 Å². The average Bonchev–Trinajstić information content (AvgIpc) is 2.82. The average molecular weight is 226 g/mol. The van der Waals surface area contributed by atoms with Gasteiger partial charge in [-0.05, 0) is 46.5 Å². The van der Waals surface area contributed by atoms with Gasteiger partial charge in [-0.25, -0.2) is 0 Å². The highest BCUT2D eigenvalue weighted by molar-refractivity contribution is 5.83. The van der Waals surface area contributed by atoms with E-state index >= 15 is 0 Å². The van der Waals surface area contributed by atoms with Crippen LogP contribution in [0.25, 0.3) is 0 Å². The molecule has 1 saturated carbocycles. The molecule has 0 bridgehead atoms. The molecular formula is C13H26N2O. The smallest absolute Gasteiger partial charge is 0.227 e. The fourth-order valence-corrected chi connectivity index (χ4v) is 1.76. The molecule has 1 rings (SSSR count). The van der Waals surface area contributed by atoms with Crippen molar-refractivity contribution in [1.29, 1.82) is 0 Å². The third-order valence-electron chi connectivity index (χ3n) is 4.08. The van der Waals surface area contributed by atoms with Crippen molar-refractivity contribution in [2.75, 3.05) is 0 Å². The summed E-state index contributed by atoms with van der Waals surface area (Å²) in [6.07, 6.45) is 3.56. The van der Waals surface area contributed by atoms with E-state index in [4.69, 9.17) is 5.73 Å². The Morgan fingerprint density at radius 1 is 1.38 bits per heavy atom. The number of hydrogen-bond acceptors (Lipinski definition) is 2. The van der Waals surface area contributed by atoms with Crippen LogP contribution in [-0.2, 0) is 4.79 Å². The van der Waals surface area contributed by atoms with Gasteiger partial charge in [0.25, 0.3) is 0 Å². The molecule has 16 heavy (non-hydrogen) atoms. The van der Waals surface area contributed by atoms with Gasteiger partial charge in [0.2, 0.25) is 5.91 Å². The van der Waals surface area contributed by atoms with E-state index in [1.165, 1.54) is 12.8 Å². The van der Waals surface area contributed by atoms with E-state index in [0.717, 1.165) is 6.42 Å². The first-order valence-electron chi connectivity index (χ1n) is 6.30. The van der Waals surface area contributed by atoms with Crippen molar-refractivity contribution >= 4 is 5.91 Å². The molecular weight excluding hydrogens is 200 g/mol. The maximum absolute atomic E-state index is 12.1. The Hall–Kier alpha value is -0.570. The van der Waals surface area contributed by atoms with Crippen LogP contribution in [0.1, 0.15) is 53.9 Å². The highest BCUT2D eigenvalue weighted by atomic mass is 16.2. The van der Waals surface area contributed by atoms with Crippen LogP contribution in [0.2, 0.25) is 0 Å². The number of hydrogen-bond donors (Lipinski definition) is 2. The van der Waals surface area contributed by atoms with Crippen LogP contribution >= 0.6 is 0 Å². The van der Waals surface area contributed by atoms with Crippen molar-refractivity contribution in [3.8, 4) is 0 Å². The standard InChI is InChI=1S/C13H26N2O/c1-6-7-9-8-10(9)15-11(16)12(2,3)13(4,5)14/h9-10H,6-8,14H2,1-5H3,(H,15,16). The SMILES string of the molecule is CCCC1CC1NC(=O)C(C)(C)C(C)(C)N. The predicted molar refractivity (Wildman–Crippen MR) is 67.0 cm³/mol. The van der Waals surface area contributed by atoms with Gasteiger partial charge in [-0.2, -0.15) is 0 Å². The van der Waals surface area contributed by atoms with Gasteiger partial charge in [0, 0.05) is 11.6 Å². The molecule has 1 aliphatic carbocycles. The van der Waals surface area contributed by atoms with E-state index in [2.05, 4.69) is 12.2 Å². The number of amides is 1. The number of nitrogens with two attached hydrogens (primary N) is 1. The molecule has 0 aromatic heterocycles. The van der Waals surface area contributed by atoms with E-state index < -0.39 is 11.0 Å². The molecule has 94 valence electrons. The first kappa shape index (κ1) is 13.5. The fourth-order valence-electron chi connectivity index (χ4n) is 1.76. The van der Waals surface area contributed by atoms with Gasteiger partial charge in [-0.3, -0.25) is 4.79 Å². The van der Waals surface area contributed by atoms with E-state index in [1.807, 2.05) is 27.7 Å². The molecule has 1 aliphatic rings. The molecule has 3 heteroatoms. The van der Waals surface area contributed by atoms with Crippen LogP contribution in [0, 0.1) is 11.3 Å². The van der Waals surface area contributed by atoms with Crippen LogP contribution < -0.4 is 11.1 Å². The molecule has 0 saturated heterocycles. The van der Waals surface area contributed by atoms with Crippen LogP contribution in [0.4, 0.5) is 0 Å². The lowest BCUT2D eigenvalue weighted by Gasteiger charge is -2.37. The molecule has 1 fully saturated rings. The Kier molecular flexibility index (Phi) is 3.68. The second-order valence-corrected chi connectivity index (χ2v) is 6.21. The molecule has 2 unspecified atom stereocenters. The molecule has 0 aliphatic heterocycles. The molecule has 0 heterocycles. The van der Waals surface area contributed by atoms with Crippen molar-refractivity contribution in [2.24, 2.45) is 17.1 Å². The topological polar surface area (TPSA) is 55.1 Å². The summed E-state index contributed by atoms with van der Waals surface area (Å²) in [5, 5.41) is 3.12. The van der Waals surface area contributed by atoms with Gasteiger partial charge in [-0.15, -0.1) is 0 Å². The van der Waals surface area contributed by atoms with Crippen molar-refractivity contribution in [2.45, 2.75) is 65.5 Å². The second kappa shape index (κ2) is 4.36. The zero-order valence-electron chi connectivity index (χ0n) is 11.3. The normalized spacial score (nSPS) is 25.4. The van der Waals surface area contributed by atoms with E-state index in [-0.39, 0.29) is 5.91 Å². The molecule has 0 radical (unpaired) electrons. The monoisotopic (exact) mass is 226 g/mol. The maximum atomic E-state index is 12.1. The number of rotatable bonds is 5. The third kappa shape index (κ3) is 2.76. The van der Waals surface area contributed by atoms with E-state index in [0.29, 0.717) is 12.0 Å². The molecule has 3 nitrogen and oxygen atoms in total. The lowest BCUT2D eigenvalue weighted by atomic mass is 9.74. The Labute approximate surface area is 99.2 Å². The highest BCUT2D eigenvalue weighted by Gasteiger charge is 2.44. The largest absolute Gasteiger partial charge is 0.353 e.